The van der Waals surface area contributed by atoms with Crippen LogP contribution < -0.4 is 11.2 Å². The van der Waals surface area contributed by atoms with Gasteiger partial charge in [0.2, 0.25) is 5.43 Å². The van der Waals surface area contributed by atoms with Gasteiger partial charge in [-0.1, -0.05) is 0 Å². The zero-order valence-electron chi connectivity index (χ0n) is 9.21. The Morgan fingerprint density at radius 3 is 2.39 bits per heavy atom. The third-order valence-electron chi connectivity index (χ3n) is 2.79. The van der Waals surface area contributed by atoms with E-state index < -0.39 is 0 Å². The fourth-order valence-electron chi connectivity index (χ4n) is 1.91. The predicted molar refractivity (Wildman–Crippen MR) is 69.9 cm³/mol. The summed E-state index contributed by atoms with van der Waals surface area (Å²) in [5, 5.41) is 3.69. The number of benzene rings is 2. The van der Waals surface area contributed by atoms with E-state index in [0.717, 1.165) is 0 Å². The molecule has 0 spiro atoms. The molecule has 0 aliphatic carbocycles. The average molecular weight is 240 g/mol. The van der Waals surface area contributed by atoms with Crippen molar-refractivity contribution in [3.63, 3.8) is 0 Å². The highest BCUT2D eigenvalue weighted by molar-refractivity contribution is 5.91. The third-order valence-corrected chi connectivity index (χ3v) is 2.79. The first kappa shape index (κ1) is 10.5. The van der Waals surface area contributed by atoms with E-state index in [9.17, 15) is 9.70 Å². The molecule has 3 aromatic rings. The van der Waals surface area contributed by atoms with Gasteiger partial charge in [-0.25, -0.2) is 0 Å². The molecule has 1 aromatic heterocycles. The van der Waals surface area contributed by atoms with Crippen LogP contribution >= 0.6 is 0 Å². The normalized spacial score (nSPS) is 10.9. The summed E-state index contributed by atoms with van der Waals surface area (Å²) in [7, 11) is 0. The molecule has 3 rings (SSSR count). The summed E-state index contributed by atoms with van der Waals surface area (Å²) in [5.74, 6) is 0. The lowest BCUT2D eigenvalue weighted by Crippen LogP contribution is -2.02. The second-order valence-corrected chi connectivity index (χ2v) is 3.96. The van der Waals surface area contributed by atoms with Crippen LogP contribution in [0.25, 0.3) is 21.9 Å². The minimum Gasteiger partial charge on any atom is -0.456 e. The molecule has 0 radical (unpaired) electrons. The number of hydrogen-bond acceptors (Lipinski definition) is 5. The summed E-state index contributed by atoms with van der Waals surface area (Å²) in [4.78, 5) is 22.7. The van der Waals surface area contributed by atoms with Crippen molar-refractivity contribution in [2.45, 2.75) is 0 Å². The lowest BCUT2D eigenvalue weighted by atomic mass is 10.1. The van der Waals surface area contributed by atoms with Crippen LogP contribution in [0, 0.1) is 4.91 Å². The fraction of sp³-hybridized carbons (Fsp3) is 0. The standard InChI is InChI=1S/C13H8N2O3/c14-7-1-3-9-11(5-7)18-12-6-8(15-17)2-4-10(12)13(9)16/h1-6H,14H2. The van der Waals surface area contributed by atoms with Gasteiger partial charge in [-0.2, -0.15) is 0 Å². The molecule has 88 valence electrons. The maximum atomic E-state index is 12.2. The van der Waals surface area contributed by atoms with Crippen LogP contribution in [-0.2, 0) is 0 Å². The number of nitrogens with two attached hydrogens (primary N) is 1. The van der Waals surface area contributed by atoms with Crippen molar-refractivity contribution in [1.29, 1.82) is 0 Å². The Bertz CT molecular complexity index is 837. The maximum Gasteiger partial charge on any atom is 0.200 e. The lowest BCUT2D eigenvalue weighted by Gasteiger charge is -2.02. The topological polar surface area (TPSA) is 85.7 Å². The number of rotatable bonds is 1. The number of nitrogens with zero attached hydrogens (tertiary/aromatic N) is 1. The molecule has 5 nitrogen and oxygen atoms in total. The minimum absolute atomic E-state index is 0.149. The van der Waals surface area contributed by atoms with Crippen LogP contribution in [0.3, 0.4) is 0 Å². The molecule has 0 bridgehead atoms. The first-order valence-corrected chi connectivity index (χ1v) is 5.28. The van der Waals surface area contributed by atoms with E-state index in [1.165, 1.54) is 18.2 Å². The second kappa shape index (κ2) is 3.66. The van der Waals surface area contributed by atoms with Gasteiger partial charge in [-0.05, 0) is 29.4 Å². The van der Waals surface area contributed by atoms with Crippen LogP contribution in [0.2, 0.25) is 0 Å². The van der Waals surface area contributed by atoms with Crippen molar-refractivity contribution in [3.05, 3.63) is 51.5 Å². The molecule has 0 aliphatic heterocycles. The highest BCUT2D eigenvalue weighted by Crippen LogP contribution is 2.23. The average Bonchev–Trinajstić information content (AvgIpc) is 2.38. The molecule has 5 heteroatoms. The number of nitroso groups, excluding NO2 is 1. The number of anilines is 1. The summed E-state index contributed by atoms with van der Waals surface area (Å²) in [5.41, 5.74) is 6.95. The van der Waals surface area contributed by atoms with Crippen LogP contribution in [0.5, 0.6) is 0 Å². The van der Waals surface area contributed by atoms with Gasteiger partial charge in [0, 0.05) is 17.8 Å². The van der Waals surface area contributed by atoms with Gasteiger partial charge in [0.1, 0.15) is 16.9 Å². The third kappa shape index (κ3) is 1.45. The first-order chi connectivity index (χ1) is 8.69. The molecular weight excluding hydrogens is 232 g/mol. The summed E-state index contributed by atoms with van der Waals surface area (Å²) < 4.78 is 5.57. The van der Waals surface area contributed by atoms with Gasteiger partial charge in [0.15, 0.2) is 0 Å². The quantitative estimate of drug-likeness (QED) is 0.402. The van der Waals surface area contributed by atoms with Crippen LogP contribution in [0.15, 0.2) is 50.8 Å². The molecule has 2 N–H and O–H groups in total. The van der Waals surface area contributed by atoms with Gasteiger partial charge in [0.05, 0.1) is 10.8 Å². The highest BCUT2D eigenvalue weighted by Gasteiger charge is 2.08. The Balaban J connectivity index is 2.52. The second-order valence-electron chi connectivity index (χ2n) is 3.96. The molecule has 0 saturated carbocycles. The van der Waals surface area contributed by atoms with E-state index in [4.69, 9.17) is 10.2 Å². The van der Waals surface area contributed by atoms with Gasteiger partial charge < -0.3 is 10.2 Å². The maximum absolute atomic E-state index is 12.2. The summed E-state index contributed by atoms with van der Waals surface area (Å²) in [6.45, 7) is 0. The van der Waals surface area contributed by atoms with Crippen molar-refractivity contribution in [3.8, 4) is 0 Å². The van der Waals surface area contributed by atoms with Gasteiger partial charge >= 0.3 is 0 Å². The number of nitrogen functional groups attached to an aromatic ring is 1. The zero-order valence-corrected chi connectivity index (χ0v) is 9.21. The molecule has 0 atom stereocenters. The molecule has 0 aliphatic rings. The van der Waals surface area contributed by atoms with E-state index in [-0.39, 0.29) is 11.1 Å². The lowest BCUT2D eigenvalue weighted by molar-refractivity contribution is 0.660. The number of hydrogen-bond donors (Lipinski definition) is 1. The Labute approximate surface area is 101 Å². The Morgan fingerprint density at radius 1 is 1.00 bits per heavy atom. The van der Waals surface area contributed by atoms with E-state index in [0.29, 0.717) is 27.6 Å². The van der Waals surface area contributed by atoms with Gasteiger partial charge in [-0.3, -0.25) is 4.79 Å². The molecule has 2 aromatic carbocycles. The van der Waals surface area contributed by atoms with Crippen molar-refractivity contribution in [2.75, 3.05) is 5.73 Å². The molecule has 1 heterocycles. The highest BCUT2D eigenvalue weighted by atomic mass is 16.3. The minimum atomic E-state index is -0.149. The molecule has 0 unspecified atom stereocenters. The Hall–Kier alpha value is -2.69. The summed E-state index contributed by atoms with van der Waals surface area (Å²) >= 11 is 0. The van der Waals surface area contributed by atoms with Crippen molar-refractivity contribution < 1.29 is 4.42 Å². The van der Waals surface area contributed by atoms with Crippen molar-refractivity contribution in [1.82, 2.24) is 0 Å². The van der Waals surface area contributed by atoms with Crippen molar-refractivity contribution >= 4 is 33.3 Å². The monoisotopic (exact) mass is 240 g/mol. The van der Waals surface area contributed by atoms with Gasteiger partial charge in [-0.15, -0.1) is 4.91 Å². The predicted octanol–water partition coefficient (Wildman–Crippen LogP) is 2.93. The van der Waals surface area contributed by atoms with Crippen LogP contribution in [0.4, 0.5) is 11.4 Å². The van der Waals surface area contributed by atoms with E-state index in [1.54, 1.807) is 18.2 Å². The van der Waals surface area contributed by atoms with E-state index >= 15 is 0 Å². The van der Waals surface area contributed by atoms with Crippen LogP contribution in [-0.4, -0.2) is 0 Å². The SMILES string of the molecule is Nc1ccc2c(=O)c3ccc(N=O)cc3oc2c1. The van der Waals surface area contributed by atoms with E-state index in [2.05, 4.69) is 5.18 Å². The van der Waals surface area contributed by atoms with E-state index in [1.807, 2.05) is 0 Å². The largest absolute Gasteiger partial charge is 0.456 e. The van der Waals surface area contributed by atoms with Crippen LogP contribution in [0.1, 0.15) is 0 Å². The Kier molecular flexibility index (Phi) is 2.13. The zero-order chi connectivity index (χ0) is 12.7. The smallest absolute Gasteiger partial charge is 0.200 e. The molecule has 0 fully saturated rings. The fourth-order valence-corrected chi connectivity index (χ4v) is 1.91. The summed E-state index contributed by atoms with van der Waals surface area (Å²) in [6, 6.07) is 9.31. The first-order valence-electron chi connectivity index (χ1n) is 5.28. The Morgan fingerprint density at radius 2 is 1.67 bits per heavy atom. The summed E-state index contributed by atoms with van der Waals surface area (Å²) in [6.07, 6.45) is 0. The number of fused-ring (bicyclic) bond motifs is 2. The van der Waals surface area contributed by atoms with Gasteiger partial charge in [0.25, 0.3) is 0 Å². The molecule has 18 heavy (non-hydrogen) atoms. The molecular formula is C13H8N2O3. The molecule has 0 saturated heterocycles. The molecule has 0 amide bonds. The van der Waals surface area contributed by atoms with Crippen molar-refractivity contribution in [2.24, 2.45) is 5.18 Å².